The molecule has 0 aliphatic carbocycles. The first-order valence-corrected chi connectivity index (χ1v) is 14.6. The van der Waals surface area contributed by atoms with Gasteiger partial charge in [-0.05, 0) is 72.5 Å². The van der Waals surface area contributed by atoms with Crippen molar-refractivity contribution in [3.63, 3.8) is 0 Å². The lowest BCUT2D eigenvalue weighted by Crippen LogP contribution is -2.32. The number of alkyl halides is 3. The van der Waals surface area contributed by atoms with Crippen LogP contribution in [0.3, 0.4) is 0 Å². The molecule has 3 aromatic carbocycles. The topological polar surface area (TPSA) is 121 Å². The molecule has 12 heteroatoms. The van der Waals surface area contributed by atoms with E-state index in [1.54, 1.807) is 34.9 Å². The van der Waals surface area contributed by atoms with Crippen LogP contribution in [0.25, 0.3) is 10.9 Å². The molecule has 1 aromatic heterocycles. The third-order valence-corrected chi connectivity index (χ3v) is 7.16. The molecule has 0 spiro atoms. The van der Waals surface area contributed by atoms with Gasteiger partial charge in [-0.15, -0.1) is 0 Å². The minimum atomic E-state index is -4.49. The third kappa shape index (κ3) is 7.87. The van der Waals surface area contributed by atoms with Gasteiger partial charge in [-0.25, -0.2) is 13.2 Å². The van der Waals surface area contributed by atoms with Gasteiger partial charge in [-0.1, -0.05) is 30.3 Å². The van der Waals surface area contributed by atoms with E-state index >= 15 is 0 Å². The Kier molecular flexibility index (Phi) is 8.76. The van der Waals surface area contributed by atoms with Crippen LogP contribution in [0.5, 0.6) is 0 Å². The largest absolute Gasteiger partial charge is 0.477 e. The summed E-state index contributed by atoms with van der Waals surface area (Å²) in [5.74, 6) is -1.10. The Hall–Kier alpha value is -3.87. The number of aromatic carboxylic acids is 1. The molecule has 4 aromatic rings. The third-order valence-electron chi connectivity index (χ3n) is 6.56. The number of carboxylic acids is 1. The number of anilines is 1. The van der Waals surface area contributed by atoms with Gasteiger partial charge in [0.25, 0.3) is 0 Å². The summed E-state index contributed by atoms with van der Waals surface area (Å²) in [7, 11) is -3.47. The zero-order chi connectivity index (χ0) is 29.9. The average molecular weight is 590 g/mol. The highest BCUT2D eigenvalue weighted by molar-refractivity contribution is 7.92. The molecule has 2 unspecified atom stereocenters. The Morgan fingerprint density at radius 1 is 1.00 bits per heavy atom. The van der Waals surface area contributed by atoms with Gasteiger partial charge in [0.05, 0.1) is 17.9 Å². The maximum absolute atomic E-state index is 13.0. The van der Waals surface area contributed by atoms with Gasteiger partial charge in [-0.2, -0.15) is 13.2 Å². The first kappa shape index (κ1) is 30.1. The van der Waals surface area contributed by atoms with Crippen LogP contribution in [0.1, 0.15) is 45.8 Å². The smallest absolute Gasteiger partial charge is 0.416 e. The Bertz CT molecular complexity index is 1670. The van der Waals surface area contributed by atoms with Crippen LogP contribution in [0, 0.1) is 0 Å². The number of nitrogens with zero attached hydrogens (tertiary/aromatic N) is 1. The van der Waals surface area contributed by atoms with E-state index in [2.05, 4.69) is 10.0 Å². The fourth-order valence-corrected chi connectivity index (χ4v) is 5.26. The maximum Gasteiger partial charge on any atom is 0.416 e. The number of nitrogens with one attached hydrogen (secondary N) is 2. The summed E-state index contributed by atoms with van der Waals surface area (Å²) in [6.45, 7) is 2.14. The second kappa shape index (κ2) is 11.9. The van der Waals surface area contributed by atoms with Crippen LogP contribution in [-0.4, -0.2) is 48.0 Å². The summed E-state index contributed by atoms with van der Waals surface area (Å²) in [6, 6.07) is 18.3. The molecule has 0 aliphatic heterocycles. The van der Waals surface area contributed by atoms with E-state index in [4.69, 9.17) is 0 Å². The SMILES string of the molecule is CC(Cc1ccc2c(c1)cc(C(=O)O)n2Cc1cccc(NS(C)(=O)=O)c1)NCC(O)c1cccc(C(F)(F)F)c1. The van der Waals surface area contributed by atoms with Crippen molar-refractivity contribution in [3.8, 4) is 0 Å². The quantitative estimate of drug-likeness (QED) is 0.195. The van der Waals surface area contributed by atoms with E-state index < -0.39 is 33.8 Å². The normalized spacial score (nSPS) is 13.7. The van der Waals surface area contributed by atoms with E-state index in [-0.39, 0.29) is 30.4 Å². The number of halogens is 3. The molecule has 0 amide bonds. The molecular formula is C29H30F3N3O5S. The van der Waals surface area contributed by atoms with Crippen molar-refractivity contribution < 1.29 is 36.6 Å². The fourth-order valence-electron chi connectivity index (χ4n) is 4.70. The van der Waals surface area contributed by atoms with Crippen LogP contribution in [0.2, 0.25) is 0 Å². The number of aliphatic hydroxyl groups excluding tert-OH is 1. The van der Waals surface area contributed by atoms with Crippen molar-refractivity contribution >= 4 is 32.6 Å². The summed E-state index contributed by atoms with van der Waals surface area (Å²) in [4.78, 5) is 12.0. The van der Waals surface area contributed by atoms with E-state index in [0.29, 0.717) is 28.6 Å². The van der Waals surface area contributed by atoms with Crippen molar-refractivity contribution in [2.75, 3.05) is 17.5 Å². The standard InChI is InChI=1S/C29H30F3N3O5S/c1-18(33-16-27(36)21-6-4-7-23(14-21)29(30,31)32)11-19-9-10-25-22(12-19)15-26(28(37)38)35(25)17-20-5-3-8-24(13-20)34-41(2,39)40/h3-10,12-15,18,27,33-34,36H,11,16-17H2,1-2H3,(H,37,38). The Labute approximate surface area is 235 Å². The minimum absolute atomic E-state index is 0.0531. The van der Waals surface area contributed by atoms with E-state index in [1.165, 1.54) is 12.1 Å². The van der Waals surface area contributed by atoms with Crippen LogP contribution >= 0.6 is 0 Å². The molecule has 1 heterocycles. The summed E-state index contributed by atoms with van der Waals surface area (Å²) >= 11 is 0. The maximum atomic E-state index is 13.0. The van der Waals surface area contributed by atoms with E-state index in [9.17, 15) is 36.6 Å². The molecule has 2 atom stereocenters. The molecular weight excluding hydrogens is 559 g/mol. The summed E-state index contributed by atoms with van der Waals surface area (Å²) in [6.07, 6.45) is -4.04. The number of aromatic nitrogens is 1. The van der Waals surface area contributed by atoms with Crippen LogP contribution in [0.15, 0.2) is 72.8 Å². The zero-order valence-electron chi connectivity index (χ0n) is 22.3. The highest BCUT2D eigenvalue weighted by Crippen LogP contribution is 2.31. The lowest BCUT2D eigenvalue weighted by Gasteiger charge is -2.18. The first-order chi connectivity index (χ1) is 19.2. The molecule has 218 valence electrons. The zero-order valence-corrected chi connectivity index (χ0v) is 23.1. The number of carboxylic acid groups (broad SMARTS) is 1. The number of benzene rings is 3. The van der Waals surface area contributed by atoms with Gasteiger partial charge in [-0.3, -0.25) is 4.72 Å². The van der Waals surface area contributed by atoms with Gasteiger partial charge in [0.1, 0.15) is 5.69 Å². The number of hydrogen-bond acceptors (Lipinski definition) is 5. The molecule has 8 nitrogen and oxygen atoms in total. The number of rotatable bonds is 11. The average Bonchev–Trinajstić information content (AvgIpc) is 3.24. The predicted octanol–water partition coefficient (Wildman–Crippen LogP) is 5.03. The van der Waals surface area contributed by atoms with Crippen molar-refractivity contribution in [2.24, 2.45) is 0 Å². The second-order valence-electron chi connectivity index (χ2n) is 10.0. The predicted molar refractivity (Wildman–Crippen MR) is 150 cm³/mol. The minimum Gasteiger partial charge on any atom is -0.477 e. The summed E-state index contributed by atoms with van der Waals surface area (Å²) < 4.78 is 66.2. The highest BCUT2D eigenvalue weighted by Gasteiger charge is 2.30. The van der Waals surface area contributed by atoms with Gasteiger partial charge >= 0.3 is 12.1 Å². The number of hydrogen-bond donors (Lipinski definition) is 4. The molecule has 0 bridgehead atoms. The molecule has 41 heavy (non-hydrogen) atoms. The van der Waals surface area contributed by atoms with Gasteiger partial charge < -0.3 is 20.1 Å². The van der Waals surface area contributed by atoms with Crippen LogP contribution < -0.4 is 10.0 Å². The molecule has 0 saturated carbocycles. The number of aliphatic hydroxyl groups is 1. The van der Waals surface area contributed by atoms with Crippen molar-refractivity contribution in [2.45, 2.75) is 38.2 Å². The molecule has 4 rings (SSSR count). The Morgan fingerprint density at radius 2 is 1.73 bits per heavy atom. The van der Waals surface area contributed by atoms with Crippen LogP contribution in [-0.2, 0) is 29.2 Å². The van der Waals surface area contributed by atoms with Crippen molar-refractivity contribution in [1.82, 2.24) is 9.88 Å². The lowest BCUT2D eigenvalue weighted by molar-refractivity contribution is -0.137. The second-order valence-corrected chi connectivity index (χ2v) is 11.8. The monoisotopic (exact) mass is 589 g/mol. The lowest BCUT2D eigenvalue weighted by atomic mass is 10.0. The first-order valence-electron chi connectivity index (χ1n) is 12.7. The number of carbonyl (C=O) groups is 1. The van der Waals surface area contributed by atoms with E-state index in [0.717, 1.165) is 24.0 Å². The van der Waals surface area contributed by atoms with Gasteiger partial charge in [0.15, 0.2) is 0 Å². The van der Waals surface area contributed by atoms with Crippen molar-refractivity contribution in [3.05, 3.63) is 101 Å². The van der Waals surface area contributed by atoms with E-state index in [1.807, 2.05) is 25.1 Å². The summed E-state index contributed by atoms with van der Waals surface area (Å²) in [5, 5.41) is 24.1. The Balaban J connectivity index is 1.47. The Morgan fingerprint density at radius 3 is 2.41 bits per heavy atom. The van der Waals surface area contributed by atoms with Crippen molar-refractivity contribution in [1.29, 1.82) is 0 Å². The van der Waals surface area contributed by atoms with Gasteiger partial charge in [0.2, 0.25) is 10.0 Å². The summed E-state index contributed by atoms with van der Waals surface area (Å²) in [5.41, 5.74) is 2.10. The molecule has 0 aliphatic rings. The molecule has 4 N–H and O–H groups in total. The fraction of sp³-hybridized carbons (Fsp3) is 0.276. The molecule has 0 fully saturated rings. The number of sulfonamides is 1. The van der Waals surface area contributed by atoms with Gasteiger partial charge in [0, 0.05) is 35.7 Å². The molecule has 0 saturated heterocycles. The highest BCUT2D eigenvalue weighted by atomic mass is 32.2. The van der Waals surface area contributed by atoms with Crippen LogP contribution in [0.4, 0.5) is 18.9 Å². The molecule has 0 radical (unpaired) electrons. The number of fused-ring (bicyclic) bond motifs is 1.